The third-order valence-corrected chi connectivity index (χ3v) is 5.16. The molecule has 1 aromatic rings. The first kappa shape index (κ1) is 19.2. The van der Waals surface area contributed by atoms with Gasteiger partial charge in [-0.2, -0.15) is 0 Å². The van der Waals surface area contributed by atoms with E-state index in [0.717, 1.165) is 19.3 Å². The van der Waals surface area contributed by atoms with Crippen LogP contribution in [0, 0.1) is 5.92 Å². The molecule has 1 saturated carbocycles. The molecule has 11 heteroatoms. The van der Waals surface area contributed by atoms with Crippen molar-refractivity contribution in [3.63, 3.8) is 0 Å². The Kier molecular flexibility index (Phi) is 5.58. The topological polar surface area (TPSA) is 140 Å². The number of aromatic nitrogens is 2. The Labute approximate surface area is 160 Å². The average molecular weight is 403 g/mol. The maximum atomic E-state index is 14.3. The highest BCUT2D eigenvalue weighted by Crippen LogP contribution is 2.37. The Morgan fingerprint density at radius 1 is 1.36 bits per heavy atom. The number of rotatable bonds is 5. The summed E-state index contributed by atoms with van der Waals surface area (Å²) in [5.74, 6) is -3.92. The van der Waals surface area contributed by atoms with Gasteiger partial charge in [-0.3, -0.25) is 14.2 Å². The van der Waals surface area contributed by atoms with Gasteiger partial charge in [-0.25, -0.2) is 13.8 Å². The van der Waals surface area contributed by atoms with Crippen LogP contribution in [-0.2, 0) is 21.0 Å². The smallest absolute Gasteiger partial charge is 0.335 e. The third-order valence-electron chi connectivity index (χ3n) is 5.16. The number of aliphatic hydroxyl groups is 3. The maximum Gasteiger partial charge on any atom is 0.335 e. The van der Waals surface area contributed by atoms with Gasteiger partial charge in [0.15, 0.2) is 13.0 Å². The number of esters is 1. The van der Waals surface area contributed by atoms with E-state index in [9.17, 15) is 29.0 Å². The minimum absolute atomic E-state index is 0.326. The molecule has 0 aromatic carbocycles. The monoisotopic (exact) mass is 403 g/mol. The highest BCUT2D eigenvalue weighted by Gasteiger charge is 2.56. The van der Waals surface area contributed by atoms with Gasteiger partial charge in [-0.15, -0.1) is 0 Å². The van der Waals surface area contributed by atoms with E-state index in [1.807, 2.05) is 0 Å². The molecule has 0 spiro atoms. The Morgan fingerprint density at radius 3 is 2.64 bits per heavy atom. The van der Waals surface area contributed by atoms with E-state index in [1.54, 1.807) is 0 Å². The summed E-state index contributed by atoms with van der Waals surface area (Å²) in [5, 5.41) is 28.8. The molecule has 1 aromatic heterocycles. The number of nitrogens with zero attached hydrogens (tertiary/aromatic N) is 2. The number of ether oxygens (including phenoxy) is 2. The van der Waals surface area contributed by atoms with Crippen LogP contribution in [0.25, 0.3) is 0 Å². The fraction of sp³-hybridized carbons (Fsp3) is 0.706. The van der Waals surface area contributed by atoms with E-state index < -0.39 is 60.9 Å². The van der Waals surface area contributed by atoms with Gasteiger partial charge in [-0.05, 0) is 12.8 Å². The number of halogens is 1. The lowest BCUT2D eigenvalue weighted by atomic mass is 9.89. The summed E-state index contributed by atoms with van der Waals surface area (Å²) >= 11 is 0. The highest BCUT2D eigenvalue weighted by molar-refractivity contribution is 5.72. The SMILES string of the molecule is [2H]c1cn([C@@H]2O[C@](F)(CO)[C@@H](O)[C@H]2O)c(=O)n(COC(=O)C2CCCCC2)c1=O. The van der Waals surface area contributed by atoms with Crippen molar-refractivity contribution in [1.82, 2.24) is 9.13 Å². The van der Waals surface area contributed by atoms with Crippen molar-refractivity contribution in [2.45, 2.75) is 63.1 Å². The van der Waals surface area contributed by atoms with E-state index in [0.29, 0.717) is 28.2 Å². The van der Waals surface area contributed by atoms with Crippen LogP contribution in [0.5, 0.6) is 0 Å². The zero-order valence-electron chi connectivity index (χ0n) is 16.0. The molecular formula is C17H23FN2O8. The first-order chi connectivity index (χ1) is 13.7. The zero-order chi connectivity index (χ0) is 21.3. The van der Waals surface area contributed by atoms with E-state index >= 15 is 0 Å². The fourth-order valence-electron chi connectivity index (χ4n) is 3.47. The molecule has 1 saturated heterocycles. The molecule has 3 rings (SSSR count). The molecular weight excluding hydrogens is 379 g/mol. The first-order valence-corrected chi connectivity index (χ1v) is 9.02. The molecule has 3 N–H and O–H groups in total. The van der Waals surface area contributed by atoms with E-state index in [-0.39, 0.29) is 5.92 Å². The molecule has 2 heterocycles. The standard InChI is InChI=1S/C17H23FN2O8/c18-17(8-21)13(24)12(23)14(28-17)19-7-6-11(22)20(16(19)26)9-27-15(25)10-4-2-1-3-5-10/h6-7,10,12-14,21,23-24H,1-5,8-9H2/t12-,13+,14-,17-/m1/s1/i6D. The first-order valence-electron chi connectivity index (χ1n) is 9.52. The summed E-state index contributed by atoms with van der Waals surface area (Å²) < 4.78 is 32.9. The van der Waals surface area contributed by atoms with Crippen molar-refractivity contribution in [1.29, 1.82) is 0 Å². The predicted octanol–water partition coefficient (Wildman–Crippen LogP) is -1.00. The second-order valence-electron chi connectivity index (χ2n) is 7.01. The van der Waals surface area contributed by atoms with Crippen LogP contribution >= 0.6 is 0 Å². The normalized spacial score (nSPS) is 31.6. The lowest BCUT2D eigenvalue weighted by molar-refractivity contribution is -0.207. The molecule has 1 aliphatic carbocycles. The Morgan fingerprint density at radius 2 is 2.04 bits per heavy atom. The molecule has 28 heavy (non-hydrogen) atoms. The predicted molar refractivity (Wildman–Crippen MR) is 90.7 cm³/mol. The van der Waals surface area contributed by atoms with Gasteiger partial charge >= 0.3 is 11.7 Å². The van der Waals surface area contributed by atoms with Gasteiger partial charge in [0, 0.05) is 12.2 Å². The molecule has 2 aliphatic rings. The van der Waals surface area contributed by atoms with Crippen LogP contribution < -0.4 is 11.2 Å². The van der Waals surface area contributed by atoms with Crippen LogP contribution in [-0.4, -0.2) is 55.1 Å². The largest absolute Gasteiger partial charge is 0.443 e. The molecule has 4 atom stereocenters. The van der Waals surface area contributed by atoms with Crippen LogP contribution in [0.15, 0.2) is 21.8 Å². The van der Waals surface area contributed by atoms with Crippen molar-refractivity contribution in [2.24, 2.45) is 5.92 Å². The molecule has 1 aliphatic heterocycles. The lowest BCUT2D eigenvalue weighted by Gasteiger charge is -2.21. The van der Waals surface area contributed by atoms with E-state index in [4.69, 9.17) is 16.0 Å². The Balaban J connectivity index is 1.86. The van der Waals surface area contributed by atoms with Gasteiger partial charge in [0.05, 0.1) is 7.29 Å². The van der Waals surface area contributed by atoms with Crippen LogP contribution in [0.1, 0.15) is 39.7 Å². The second-order valence-corrected chi connectivity index (χ2v) is 7.01. The van der Waals surface area contributed by atoms with Crippen molar-refractivity contribution in [3.8, 4) is 0 Å². The van der Waals surface area contributed by atoms with Crippen LogP contribution in [0.3, 0.4) is 0 Å². The number of carbonyl (C=O) groups excluding carboxylic acids is 1. The van der Waals surface area contributed by atoms with Gasteiger partial charge in [-0.1, -0.05) is 19.3 Å². The van der Waals surface area contributed by atoms with E-state index in [2.05, 4.69) is 0 Å². The number of hydrogen-bond donors (Lipinski definition) is 3. The highest BCUT2D eigenvalue weighted by atomic mass is 19.2. The number of alkyl halides is 1. The summed E-state index contributed by atoms with van der Waals surface area (Å²) in [6.45, 7) is -2.05. The quantitative estimate of drug-likeness (QED) is 0.532. The third kappa shape index (κ3) is 3.75. The van der Waals surface area contributed by atoms with Crippen molar-refractivity contribution < 1.29 is 35.3 Å². The number of hydrogen-bond acceptors (Lipinski definition) is 8. The number of carbonyl (C=O) groups is 1. The van der Waals surface area contributed by atoms with Gasteiger partial charge in [0.25, 0.3) is 11.4 Å². The van der Waals surface area contributed by atoms with Crippen LogP contribution in [0.2, 0.25) is 0 Å². The summed E-state index contributed by atoms with van der Waals surface area (Å²) in [4.78, 5) is 37.0. The van der Waals surface area contributed by atoms with Gasteiger partial charge in [0.1, 0.15) is 18.8 Å². The molecule has 156 valence electrons. The minimum Gasteiger partial charge on any atom is -0.443 e. The second kappa shape index (κ2) is 8.11. The summed E-state index contributed by atoms with van der Waals surface area (Å²) in [6, 6.07) is -0.705. The molecule has 10 nitrogen and oxygen atoms in total. The van der Waals surface area contributed by atoms with Crippen molar-refractivity contribution in [3.05, 3.63) is 33.1 Å². The van der Waals surface area contributed by atoms with Crippen molar-refractivity contribution >= 4 is 5.97 Å². The summed E-state index contributed by atoms with van der Waals surface area (Å²) in [6.07, 6.45) is -1.13. The lowest BCUT2D eigenvalue weighted by Crippen LogP contribution is -2.44. The van der Waals surface area contributed by atoms with E-state index in [1.165, 1.54) is 0 Å². The molecule has 0 radical (unpaired) electrons. The summed E-state index contributed by atoms with van der Waals surface area (Å²) in [7, 11) is 0. The summed E-state index contributed by atoms with van der Waals surface area (Å²) in [5.41, 5.74) is -2.19. The minimum atomic E-state index is -3.03. The maximum absolute atomic E-state index is 14.3. The van der Waals surface area contributed by atoms with Crippen molar-refractivity contribution in [2.75, 3.05) is 6.61 Å². The van der Waals surface area contributed by atoms with Crippen LogP contribution in [0.4, 0.5) is 4.39 Å². The molecule has 0 unspecified atom stereocenters. The molecule has 2 fully saturated rings. The average Bonchev–Trinajstić information content (AvgIpc) is 2.95. The van der Waals surface area contributed by atoms with Gasteiger partial charge in [0.2, 0.25) is 0 Å². The van der Waals surface area contributed by atoms with Gasteiger partial charge < -0.3 is 24.8 Å². The molecule has 0 bridgehead atoms. The number of aliphatic hydroxyl groups excluding tert-OH is 3. The zero-order valence-corrected chi connectivity index (χ0v) is 15.0. The fourth-order valence-corrected chi connectivity index (χ4v) is 3.47. The molecule has 0 amide bonds. The Bertz CT molecular complexity index is 883. The Hall–Kier alpha value is -2.08.